The van der Waals surface area contributed by atoms with Crippen LogP contribution in [-0.2, 0) is 11.3 Å². The third-order valence-electron chi connectivity index (χ3n) is 2.89. The van der Waals surface area contributed by atoms with E-state index < -0.39 is 5.97 Å². The number of halogens is 1. The van der Waals surface area contributed by atoms with Crippen molar-refractivity contribution in [3.8, 4) is 11.5 Å². The summed E-state index contributed by atoms with van der Waals surface area (Å²) < 4.78 is 16.9. The summed E-state index contributed by atoms with van der Waals surface area (Å²) in [5.41, 5.74) is 1.49. The summed E-state index contributed by atoms with van der Waals surface area (Å²) in [7, 11) is 2.88. The van der Waals surface area contributed by atoms with Crippen molar-refractivity contribution < 1.29 is 19.0 Å². The molecule has 0 aliphatic heterocycles. The van der Waals surface area contributed by atoms with Crippen molar-refractivity contribution in [1.29, 1.82) is 0 Å². The van der Waals surface area contributed by atoms with Gasteiger partial charge in [-0.25, -0.2) is 4.79 Å². The molecular formula is C16H15IO4. The number of esters is 1. The highest BCUT2D eigenvalue weighted by Gasteiger charge is 2.11. The van der Waals surface area contributed by atoms with Gasteiger partial charge in [0.1, 0.15) is 6.61 Å². The molecule has 0 aromatic heterocycles. The molecule has 0 heterocycles. The van der Waals surface area contributed by atoms with Crippen molar-refractivity contribution in [2.45, 2.75) is 6.61 Å². The molecule has 2 rings (SSSR count). The molecule has 0 bridgehead atoms. The molecule has 2 aromatic rings. The number of methoxy groups -OCH3 is 2. The van der Waals surface area contributed by atoms with E-state index in [0.29, 0.717) is 23.7 Å². The molecule has 0 amide bonds. The predicted molar refractivity (Wildman–Crippen MR) is 87.8 cm³/mol. The summed E-state index contributed by atoms with van der Waals surface area (Å²) in [6.07, 6.45) is 0. The Morgan fingerprint density at radius 3 is 2.38 bits per heavy atom. The smallest absolute Gasteiger partial charge is 0.337 e. The van der Waals surface area contributed by atoms with Gasteiger partial charge >= 0.3 is 5.97 Å². The average Bonchev–Trinajstić information content (AvgIpc) is 2.53. The maximum atomic E-state index is 11.5. The Balaban J connectivity index is 2.12. The number of hydrogen-bond acceptors (Lipinski definition) is 4. The van der Waals surface area contributed by atoms with E-state index in [9.17, 15) is 4.79 Å². The van der Waals surface area contributed by atoms with Gasteiger partial charge in [-0.3, -0.25) is 0 Å². The van der Waals surface area contributed by atoms with Crippen LogP contribution in [0.2, 0.25) is 0 Å². The monoisotopic (exact) mass is 398 g/mol. The minimum atomic E-state index is -0.405. The molecule has 2 aromatic carbocycles. The molecule has 0 fully saturated rings. The Morgan fingerprint density at radius 1 is 1.05 bits per heavy atom. The van der Waals surface area contributed by atoms with Crippen LogP contribution in [-0.4, -0.2) is 20.2 Å². The number of benzene rings is 2. The zero-order valence-electron chi connectivity index (χ0n) is 11.8. The minimum absolute atomic E-state index is 0.405. The van der Waals surface area contributed by atoms with Gasteiger partial charge in [0.05, 0.1) is 19.8 Å². The fraction of sp³-hybridized carbons (Fsp3) is 0.188. The summed E-state index contributed by atoms with van der Waals surface area (Å²) in [4.78, 5) is 11.5. The van der Waals surface area contributed by atoms with Gasteiger partial charge in [0.25, 0.3) is 0 Å². The number of carbonyl (C=O) groups excluding carboxylic acids is 1. The van der Waals surface area contributed by atoms with Crippen LogP contribution >= 0.6 is 22.6 Å². The van der Waals surface area contributed by atoms with Crippen molar-refractivity contribution in [3.05, 3.63) is 57.2 Å². The Labute approximate surface area is 137 Å². The van der Waals surface area contributed by atoms with Gasteiger partial charge in [0.15, 0.2) is 11.5 Å². The van der Waals surface area contributed by atoms with Crippen molar-refractivity contribution in [2.75, 3.05) is 14.2 Å². The zero-order chi connectivity index (χ0) is 15.2. The average molecular weight is 398 g/mol. The normalized spacial score (nSPS) is 10.0. The van der Waals surface area contributed by atoms with Gasteiger partial charge in [-0.15, -0.1) is 0 Å². The predicted octanol–water partition coefficient (Wildman–Crippen LogP) is 3.67. The molecule has 0 saturated carbocycles. The van der Waals surface area contributed by atoms with E-state index in [-0.39, 0.29) is 0 Å². The standard InChI is InChI=1S/C16H15IO4/c1-19-15-9-12(16(18)20-2)5-8-14(15)21-10-11-3-6-13(17)7-4-11/h3-9H,10H2,1-2H3. The summed E-state index contributed by atoms with van der Waals surface area (Å²) in [6.45, 7) is 0.435. The Hall–Kier alpha value is -1.76. The van der Waals surface area contributed by atoms with Gasteiger partial charge < -0.3 is 14.2 Å². The van der Waals surface area contributed by atoms with Crippen LogP contribution in [0, 0.1) is 3.57 Å². The first-order valence-electron chi connectivity index (χ1n) is 6.27. The van der Waals surface area contributed by atoms with Gasteiger partial charge in [0.2, 0.25) is 0 Å². The lowest BCUT2D eigenvalue weighted by Gasteiger charge is -2.12. The molecule has 0 radical (unpaired) electrons. The molecular weight excluding hydrogens is 383 g/mol. The van der Waals surface area contributed by atoms with Gasteiger partial charge in [-0.2, -0.15) is 0 Å². The van der Waals surface area contributed by atoms with Crippen LogP contribution in [0.1, 0.15) is 15.9 Å². The topological polar surface area (TPSA) is 44.8 Å². The van der Waals surface area contributed by atoms with Crippen molar-refractivity contribution in [3.63, 3.8) is 0 Å². The Kier molecular flexibility index (Phi) is 5.44. The Bertz CT molecular complexity index is 623. The molecule has 0 atom stereocenters. The van der Waals surface area contributed by atoms with Crippen LogP contribution in [0.5, 0.6) is 11.5 Å². The van der Waals surface area contributed by atoms with Crippen LogP contribution in [0.15, 0.2) is 42.5 Å². The SMILES string of the molecule is COC(=O)c1ccc(OCc2ccc(I)cc2)c(OC)c1. The van der Waals surface area contributed by atoms with Crippen LogP contribution < -0.4 is 9.47 Å². The first kappa shape index (κ1) is 15.6. The highest BCUT2D eigenvalue weighted by atomic mass is 127. The van der Waals surface area contributed by atoms with E-state index in [1.54, 1.807) is 18.2 Å². The van der Waals surface area contributed by atoms with E-state index in [2.05, 4.69) is 27.3 Å². The lowest BCUT2D eigenvalue weighted by atomic mass is 10.2. The van der Waals surface area contributed by atoms with Gasteiger partial charge in [0, 0.05) is 3.57 Å². The fourth-order valence-electron chi connectivity index (χ4n) is 1.77. The molecule has 21 heavy (non-hydrogen) atoms. The molecule has 4 nitrogen and oxygen atoms in total. The van der Waals surface area contributed by atoms with E-state index >= 15 is 0 Å². The first-order valence-corrected chi connectivity index (χ1v) is 7.35. The molecule has 0 spiro atoms. The molecule has 5 heteroatoms. The van der Waals surface area contributed by atoms with Gasteiger partial charge in [-0.1, -0.05) is 12.1 Å². The second-order valence-electron chi connectivity index (χ2n) is 4.27. The zero-order valence-corrected chi connectivity index (χ0v) is 13.9. The maximum Gasteiger partial charge on any atom is 0.337 e. The van der Waals surface area contributed by atoms with Crippen molar-refractivity contribution in [1.82, 2.24) is 0 Å². The summed E-state index contributed by atoms with van der Waals surface area (Å²) in [5, 5.41) is 0. The lowest BCUT2D eigenvalue weighted by molar-refractivity contribution is 0.0600. The number of ether oxygens (including phenoxy) is 3. The van der Waals surface area contributed by atoms with E-state index in [1.165, 1.54) is 17.8 Å². The van der Waals surface area contributed by atoms with Crippen molar-refractivity contribution >= 4 is 28.6 Å². The highest BCUT2D eigenvalue weighted by molar-refractivity contribution is 14.1. The fourth-order valence-corrected chi connectivity index (χ4v) is 2.13. The quantitative estimate of drug-likeness (QED) is 0.570. The number of carbonyl (C=O) groups is 1. The van der Waals surface area contributed by atoms with Crippen LogP contribution in [0.4, 0.5) is 0 Å². The third kappa shape index (κ3) is 4.10. The van der Waals surface area contributed by atoms with Crippen LogP contribution in [0.25, 0.3) is 0 Å². The second kappa shape index (κ2) is 7.31. The van der Waals surface area contributed by atoms with E-state index in [1.807, 2.05) is 24.3 Å². The minimum Gasteiger partial charge on any atom is -0.493 e. The molecule has 110 valence electrons. The third-order valence-corrected chi connectivity index (χ3v) is 3.61. The summed E-state index contributed by atoms with van der Waals surface area (Å²) >= 11 is 2.26. The summed E-state index contributed by atoms with van der Waals surface area (Å²) in [6, 6.07) is 13.0. The lowest BCUT2D eigenvalue weighted by Crippen LogP contribution is -2.03. The van der Waals surface area contributed by atoms with E-state index in [0.717, 1.165) is 5.56 Å². The molecule has 0 aliphatic rings. The van der Waals surface area contributed by atoms with Gasteiger partial charge in [-0.05, 0) is 58.5 Å². The molecule has 0 N–H and O–H groups in total. The van der Waals surface area contributed by atoms with Crippen LogP contribution in [0.3, 0.4) is 0 Å². The second-order valence-corrected chi connectivity index (χ2v) is 5.52. The molecule has 0 unspecified atom stereocenters. The summed E-state index contributed by atoms with van der Waals surface area (Å²) in [5.74, 6) is 0.685. The molecule has 0 aliphatic carbocycles. The molecule has 0 saturated heterocycles. The highest BCUT2D eigenvalue weighted by Crippen LogP contribution is 2.29. The largest absolute Gasteiger partial charge is 0.493 e. The number of rotatable bonds is 5. The Morgan fingerprint density at radius 2 is 1.76 bits per heavy atom. The number of hydrogen-bond donors (Lipinski definition) is 0. The van der Waals surface area contributed by atoms with Crippen molar-refractivity contribution in [2.24, 2.45) is 0 Å². The first-order chi connectivity index (χ1) is 10.1. The maximum absolute atomic E-state index is 11.5. The van der Waals surface area contributed by atoms with E-state index in [4.69, 9.17) is 9.47 Å².